The van der Waals surface area contributed by atoms with Crippen molar-refractivity contribution in [3.05, 3.63) is 76.9 Å². The number of rotatable bonds is 7. The Balaban J connectivity index is 1.60. The van der Waals surface area contributed by atoms with Crippen molar-refractivity contribution >= 4 is 34.8 Å². The first-order chi connectivity index (χ1) is 13.0. The number of carbonyl (C=O) groups excluding carboxylic acids is 3. The van der Waals surface area contributed by atoms with Crippen molar-refractivity contribution in [1.82, 2.24) is 5.32 Å². The van der Waals surface area contributed by atoms with Crippen molar-refractivity contribution in [1.29, 1.82) is 0 Å². The molecule has 27 heavy (non-hydrogen) atoms. The highest BCUT2D eigenvalue weighted by Gasteiger charge is 2.31. The third kappa shape index (κ3) is 5.15. The summed E-state index contributed by atoms with van der Waals surface area (Å²) in [5.41, 5.74) is 3.50. The maximum absolute atomic E-state index is 12.3. The molecule has 138 valence electrons. The minimum absolute atomic E-state index is 0.0920. The maximum atomic E-state index is 12.3. The molecule has 3 rings (SSSR count). The zero-order chi connectivity index (χ0) is 19.2. The molecule has 1 aliphatic rings. The number of benzene rings is 2. The molecule has 6 heteroatoms. The van der Waals surface area contributed by atoms with E-state index in [2.05, 4.69) is 5.32 Å². The Hall–Kier alpha value is -2.70. The molecule has 0 radical (unpaired) electrons. The van der Waals surface area contributed by atoms with E-state index in [9.17, 15) is 14.4 Å². The van der Waals surface area contributed by atoms with Gasteiger partial charge in [-0.25, -0.2) is 0 Å². The fourth-order valence-electron chi connectivity index (χ4n) is 2.71. The van der Waals surface area contributed by atoms with Crippen LogP contribution in [0.15, 0.2) is 54.6 Å². The van der Waals surface area contributed by atoms with E-state index in [1.54, 1.807) is 31.4 Å². The first-order valence-corrected chi connectivity index (χ1v) is 9.34. The first-order valence-electron chi connectivity index (χ1n) is 8.46. The van der Waals surface area contributed by atoms with Gasteiger partial charge in [0, 0.05) is 12.7 Å². The molecule has 2 amide bonds. The zero-order valence-electron chi connectivity index (χ0n) is 14.8. The second-order valence-electron chi connectivity index (χ2n) is 6.16. The Morgan fingerprint density at radius 2 is 1.74 bits per heavy atom. The van der Waals surface area contributed by atoms with Gasteiger partial charge in [0.25, 0.3) is 5.24 Å². The molecule has 1 saturated heterocycles. The molecule has 0 spiro atoms. The van der Waals surface area contributed by atoms with Gasteiger partial charge in [0.1, 0.15) is 0 Å². The van der Waals surface area contributed by atoms with Crippen molar-refractivity contribution in [2.24, 2.45) is 0 Å². The standard InChI is InChI=1S/C21H19NO4S/c1-26-13-16-4-2-14(3-5-16)8-11-18(23)17-9-6-15(7-10-17)12-19-20(24)22-21(25)27-19/h2-11,19H,12-13H2,1H3,(H,22,24,25)/b11-8+. The summed E-state index contributed by atoms with van der Waals surface area (Å²) in [4.78, 5) is 35.1. The molecule has 1 N–H and O–H groups in total. The van der Waals surface area contributed by atoms with Crippen LogP contribution in [0.3, 0.4) is 0 Å². The van der Waals surface area contributed by atoms with E-state index in [4.69, 9.17) is 4.74 Å². The molecule has 0 aliphatic carbocycles. The summed E-state index contributed by atoms with van der Waals surface area (Å²) >= 11 is 1.00. The van der Waals surface area contributed by atoms with Crippen molar-refractivity contribution in [2.45, 2.75) is 18.3 Å². The van der Waals surface area contributed by atoms with Gasteiger partial charge in [-0.3, -0.25) is 19.7 Å². The van der Waals surface area contributed by atoms with Gasteiger partial charge in [-0.2, -0.15) is 0 Å². The molecule has 2 aromatic carbocycles. The lowest BCUT2D eigenvalue weighted by Gasteiger charge is -2.05. The quantitative estimate of drug-likeness (QED) is 0.586. The summed E-state index contributed by atoms with van der Waals surface area (Å²) in [6.07, 6.45) is 3.78. The number of methoxy groups -OCH3 is 1. The maximum Gasteiger partial charge on any atom is 0.286 e. The Kier molecular flexibility index (Phi) is 6.21. The number of amides is 2. The van der Waals surface area contributed by atoms with Gasteiger partial charge in [-0.15, -0.1) is 0 Å². The number of allylic oxidation sites excluding steroid dienone is 1. The Morgan fingerprint density at radius 1 is 1.07 bits per heavy atom. The van der Waals surface area contributed by atoms with E-state index in [0.717, 1.165) is 28.5 Å². The van der Waals surface area contributed by atoms with Gasteiger partial charge >= 0.3 is 0 Å². The topological polar surface area (TPSA) is 72.5 Å². The second kappa shape index (κ2) is 8.79. The molecule has 1 atom stereocenters. The monoisotopic (exact) mass is 381 g/mol. The summed E-state index contributed by atoms with van der Waals surface area (Å²) in [5.74, 6) is -0.352. The van der Waals surface area contributed by atoms with Crippen LogP contribution in [0.5, 0.6) is 0 Å². The number of nitrogens with one attached hydrogen (secondary N) is 1. The van der Waals surface area contributed by atoms with Crippen molar-refractivity contribution in [2.75, 3.05) is 7.11 Å². The van der Waals surface area contributed by atoms with Gasteiger partial charge in [-0.05, 0) is 29.2 Å². The van der Waals surface area contributed by atoms with Crippen LogP contribution < -0.4 is 5.32 Å². The largest absolute Gasteiger partial charge is 0.380 e. The summed E-state index contributed by atoms with van der Waals surface area (Å²) in [6, 6.07) is 14.9. The van der Waals surface area contributed by atoms with Crippen LogP contribution in [0.4, 0.5) is 4.79 Å². The van der Waals surface area contributed by atoms with Crippen LogP contribution in [0.2, 0.25) is 0 Å². The summed E-state index contributed by atoms with van der Waals surface area (Å²) in [7, 11) is 1.65. The highest BCUT2D eigenvalue weighted by atomic mass is 32.2. The molecule has 5 nitrogen and oxygen atoms in total. The highest BCUT2D eigenvalue weighted by molar-refractivity contribution is 8.15. The molecule has 1 heterocycles. The number of imide groups is 1. The molecule has 1 unspecified atom stereocenters. The SMILES string of the molecule is COCc1ccc(/C=C/C(=O)c2ccc(CC3SC(=O)NC3=O)cc2)cc1. The van der Waals surface area contributed by atoms with Gasteiger partial charge in [0.05, 0.1) is 11.9 Å². The number of ether oxygens (including phenoxy) is 1. The fraction of sp³-hybridized carbons (Fsp3) is 0.190. The summed E-state index contributed by atoms with van der Waals surface area (Å²) in [6.45, 7) is 0.560. The van der Waals surface area contributed by atoms with Crippen LogP contribution in [-0.4, -0.2) is 29.3 Å². The van der Waals surface area contributed by atoms with Crippen molar-refractivity contribution < 1.29 is 19.1 Å². The molecular weight excluding hydrogens is 362 g/mol. The predicted molar refractivity (Wildman–Crippen MR) is 106 cm³/mol. The molecule has 0 bridgehead atoms. The van der Waals surface area contributed by atoms with E-state index in [0.29, 0.717) is 18.6 Å². The van der Waals surface area contributed by atoms with Gasteiger partial charge in [0.2, 0.25) is 5.91 Å². The van der Waals surface area contributed by atoms with Crippen LogP contribution in [0, 0.1) is 0 Å². The number of hydrogen-bond donors (Lipinski definition) is 1. The summed E-state index contributed by atoms with van der Waals surface area (Å²) < 4.78 is 5.07. The minimum Gasteiger partial charge on any atom is -0.380 e. The van der Waals surface area contributed by atoms with E-state index in [1.807, 2.05) is 36.4 Å². The smallest absolute Gasteiger partial charge is 0.286 e. The number of ketones is 1. The highest BCUT2D eigenvalue weighted by Crippen LogP contribution is 2.23. The van der Waals surface area contributed by atoms with E-state index in [1.165, 1.54) is 0 Å². The summed E-state index contributed by atoms with van der Waals surface area (Å²) in [5, 5.41) is 1.56. The van der Waals surface area contributed by atoms with E-state index < -0.39 is 5.25 Å². The molecule has 2 aromatic rings. The van der Waals surface area contributed by atoms with Crippen LogP contribution >= 0.6 is 11.8 Å². The predicted octanol–water partition coefficient (Wildman–Crippen LogP) is 3.62. The fourth-order valence-corrected chi connectivity index (χ4v) is 3.57. The molecule has 1 aliphatic heterocycles. The lowest BCUT2D eigenvalue weighted by atomic mass is 10.0. The molecule has 0 saturated carbocycles. The Morgan fingerprint density at radius 3 is 2.33 bits per heavy atom. The second-order valence-corrected chi connectivity index (χ2v) is 7.33. The van der Waals surface area contributed by atoms with Gasteiger partial charge in [0.15, 0.2) is 5.78 Å². The minimum atomic E-state index is -0.403. The van der Waals surface area contributed by atoms with Crippen LogP contribution in [0.25, 0.3) is 6.08 Å². The molecular formula is C21H19NO4S. The van der Waals surface area contributed by atoms with Gasteiger partial charge < -0.3 is 4.74 Å². The Labute approximate surface area is 161 Å². The number of hydrogen-bond acceptors (Lipinski definition) is 5. The first kappa shape index (κ1) is 19.1. The van der Waals surface area contributed by atoms with Gasteiger partial charge in [-0.1, -0.05) is 66.4 Å². The molecule has 0 aromatic heterocycles. The lowest BCUT2D eigenvalue weighted by molar-refractivity contribution is -0.118. The average molecular weight is 381 g/mol. The normalized spacial score (nSPS) is 16.7. The van der Waals surface area contributed by atoms with E-state index in [-0.39, 0.29) is 16.9 Å². The van der Waals surface area contributed by atoms with Crippen LogP contribution in [0.1, 0.15) is 27.0 Å². The number of carbonyl (C=O) groups is 3. The third-order valence-corrected chi connectivity index (χ3v) is 5.13. The number of thioether (sulfide) groups is 1. The molecule has 1 fully saturated rings. The lowest BCUT2D eigenvalue weighted by Crippen LogP contribution is -2.25. The zero-order valence-corrected chi connectivity index (χ0v) is 15.6. The van der Waals surface area contributed by atoms with Crippen molar-refractivity contribution in [3.63, 3.8) is 0 Å². The van der Waals surface area contributed by atoms with Crippen molar-refractivity contribution in [3.8, 4) is 0 Å². The van der Waals surface area contributed by atoms with E-state index >= 15 is 0 Å². The third-order valence-electron chi connectivity index (χ3n) is 4.14. The van der Waals surface area contributed by atoms with Crippen LogP contribution in [-0.2, 0) is 22.6 Å². The average Bonchev–Trinajstić information content (AvgIpc) is 2.98. The Bertz CT molecular complexity index is 872.